The summed E-state index contributed by atoms with van der Waals surface area (Å²) in [6.45, 7) is 5.29. The summed E-state index contributed by atoms with van der Waals surface area (Å²) in [6, 6.07) is 0.701. The molecule has 82 valence electrons. The van der Waals surface area contributed by atoms with E-state index >= 15 is 0 Å². The highest BCUT2D eigenvalue weighted by molar-refractivity contribution is 4.86. The molecule has 2 aliphatic rings. The van der Waals surface area contributed by atoms with E-state index in [2.05, 4.69) is 11.8 Å². The molecule has 1 aliphatic carbocycles. The third-order valence-electron chi connectivity index (χ3n) is 4.14. The van der Waals surface area contributed by atoms with Gasteiger partial charge in [0.1, 0.15) is 0 Å². The fraction of sp³-hybridized carbons (Fsp3) is 1.00. The minimum atomic E-state index is 0.400. The van der Waals surface area contributed by atoms with Gasteiger partial charge in [0, 0.05) is 12.6 Å². The molecule has 0 bridgehead atoms. The predicted molar refractivity (Wildman–Crippen MR) is 58.2 cm³/mol. The molecule has 1 heterocycles. The number of aliphatic hydroxyl groups is 1. The Morgan fingerprint density at radius 3 is 2.50 bits per heavy atom. The van der Waals surface area contributed by atoms with Crippen molar-refractivity contribution < 1.29 is 5.11 Å². The fourth-order valence-corrected chi connectivity index (χ4v) is 3.07. The van der Waals surface area contributed by atoms with Crippen molar-refractivity contribution in [3.05, 3.63) is 0 Å². The van der Waals surface area contributed by atoms with Crippen LogP contribution in [0.5, 0.6) is 0 Å². The van der Waals surface area contributed by atoms with Crippen molar-refractivity contribution in [1.82, 2.24) is 4.90 Å². The Labute approximate surface area is 87.3 Å². The third-order valence-corrected chi connectivity index (χ3v) is 4.14. The van der Waals surface area contributed by atoms with Gasteiger partial charge in [0.15, 0.2) is 0 Å². The summed E-state index contributed by atoms with van der Waals surface area (Å²) >= 11 is 0. The first-order valence-corrected chi connectivity index (χ1v) is 6.16. The highest BCUT2D eigenvalue weighted by Gasteiger charge is 2.32. The Hall–Kier alpha value is -0.0800. The smallest absolute Gasteiger partial charge is 0.0474 e. The van der Waals surface area contributed by atoms with Crippen molar-refractivity contribution in [1.29, 1.82) is 0 Å². The predicted octanol–water partition coefficient (Wildman–Crippen LogP) is 1.88. The summed E-state index contributed by atoms with van der Waals surface area (Å²) in [5, 5.41) is 9.29. The largest absolute Gasteiger partial charge is 0.396 e. The van der Waals surface area contributed by atoms with E-state index in [1.807, 2.05) is 0 Å². The maximum Gasteiger partial charge on any atom is 0.0474 e. The Balaban J connectivity index is 1.88. The average molecular weight is 197 g/mol. The zero-order valence-corrected chi connectivity index (χ0v) is 9.28. The number of aliphatic hydroxyl groups excluding tert-OH is 1. The van der Waals surface area contributed by atoms with Crippen molar-refractivity contribution in [2.24, 2.45) is 11.8 Å². The molecule has 2 heteroatoms. The number of rotatable bonds is 2. The monoisotopic (exact) mass is 197 g/mol. The molecule has 0 amide bonds. The summed E-state index contributed by atoms with van der Waals surface area (Å²) in [4.78, 5) is 2.63. The molecule has 2 atom stereocenters. The van der Waals surface area contributed by atoms with Crippen LogP contribution in [0.3, 0.4) is 0 Å². The molecule has 1 N–H and O–H groups in total. The maximum atomic E-state index is 9.29. The number of hydrogen-bond acceptors (Lipinski definition) is 2. The molecule has 2 unspecified atom stereocenters. The number of piperidine rings is 1. The normalized spacial score (nSPS) is 36.4. The second-order valence-corrected chi connectivity index (χ2v) is 5.16. The number of likely N-dealkylation sites (tertiary alicyclic amines) is 1. The molecule has 1 saturated heterocycles. The number of nitrogens with zero attached hydrogens (tertiary/aromatic N) is 1. The van der Waals surface area contributed by atoms with E-state index in [0.29, 0.717) is 18.6 Å². The van der Waals surface area contributed by atoms with E-state index in [-0.39, 0.29) is 0 Å². The molecule has 14 heavy (non-hydrogen) atoms. The molecular weight excluding hydrogens is 174 g/mol. The summed E-state index contributed by atoms with van der Waals surface area (Å²) in [5.74, 6) is 1.49. The van der Waals surface area contributed by atoms with Crippen LogP contribution in [0.1, 0.15) is 39.0 Å². The standard InChI is InChI=1S/C12H23NO/c1-10-5-7-13(8-6-10)12-4-2-3-11(12)9-14/h10-12,14H,2-9H2,1H3. The van der Waals surface area contributed by atoms with Crippen molar-refractivity contribution in [2.45, 2.75) is 45.1 Å². The first-order chi connectivity index (χ1) is 6.81. The maximum absolute atomic E-state index is 9.29. The lowest BCUT2D eigenvalue weighted by Gasteiger charge is -2.37. The van der Waals surface area contributed by atoms with Crippen molar-refractivity contribution >= 4 is 0 Å². The molecule has 0 spiro atoms. The van der Waals surface area contributed by atoms with E-state index < -0.39 is 0 Å². The van der Waals surface area contributed by atoms with Gasteiger partial charge in [-0.3, -0.25) is 0 Å². The van der Waals surface area contributed by atoms with Crippen LogP contribution in [-0.2, 0) is 0 Å². The van der Waals surface area contributed by atoms with Gasteiger partial charge in [0.2, 0.25) is 0 Å². The molecule has 1 aliphatic heterocycles. The molecule has 2 fully saturated rings. The van der Waals surface area contributed by atoms with E-state index in [0.717, 1.165) is 5.92 Å². The van der Waals surface area contributed by atoms with Crippen LogP contribution in [0.25, 0.3) is 0 Å². The van der Waals surface area contributed by atoms with Gasteiger partial charge in [0.25, 0.3) is 0 Å². The van der Waals surface area contributed by atoms with Crippen molar-refractivity contribution in [3.63, 3.8) is 0 Å². The molecule has 2 nitrogen and oxygen atoms in total. The first-order valence-electron chi connectivity index (χ1n) is 6.16. The zero-order chi connectivity index (χ0) is 9.97. The van der Waals surface area contributed by atoms with Crippen molar-refractivity contribution in [2.75, 3.05) is 19.7 Å². The highest BCUT2D eigenvalue weighted by Crippen LogP contribution is 2.32. The molecule has 2 rings (SSSR count). The van der Waals surface area contributed by atoms with Gasteiger partial charge in [0.05, 0.1) is 0 Å². The van der Waals surface area contributed by atoms with E-state index in [9.17, 15) is 5.11 Å². The fourth-order valence-electron chi connectivity index (χ4n) is 3.07. The van der Waals surface area contributed by atoms with Gasteiger partial charge >= 0.3 is 0 Å². The van der Waals surface area contributed by atoms with Crippen LogP contribution in [0, 0.1) is 11.8 Å². The topological polar surface area (TPSA) is 23.5 Å². The van der Waals surface area contributed by atoms with Gasteiger partial charge in [-0.1, -0.05) is 13.3 Å². The lowest BCUT2D eigenvalue weighted by atomic mass is 9.95. The van der Waals surface area contributed by atoms with Crippen LogP contribution >= 0.6 is 0 Å². The van der Waals surface area contributed by atoms with Crippen LogP contribution in [-0.4, -0.2) is 35.7 Å². The first kappa shape index (κ1) is 10.4. The van der Waals surface area contributed by atoms with Gasteiger partial charge < -0.3 is 10.0 Å². The second-order valence-electron chi connectivity index (χ2n) is 5.16. The molecule has 0 radical (unpaired) electrons. The van der Waals surface area contributed by atoms with Gasteiger partial charge in [-0.15, -0.1) is 0 Å². The van der Waals surface area contributed by atoms with E-state index in [1.165, 1.54) is 45.2 Å². The molecule has 0 aromatic rings. The van der Waals surface area contributed by atoms with E-state index in [4.69, 9.17) is 0 Å². The van der Waals surface area contributed by atoms with E-state index in [1.54, 1.807) is 0 Å². The lowest BCUT2D eigenvalue weighted by molar-refractivity contribution is 0.0863. The van der Waals surface area contributed by atoms with Gasteiger partial charge in [-0.25, -0.2) is 0 Å². The summed E-state index contributed by atoms with van der Waals surface area (Å²) < 4.78 is 0. The Morgan fingerprint density at radius 2 is 1.86 bits per heavy atom. The SMILES string of the molecule is CC1CCN(C2CCCC2CO)CC1. The Kier molecular flexibility index (Phi) is 3.45. The Morgan fingerprint density at radius 1 is 1.14 bits per heavy atom. The zero-order valence-electron chi connectivity index (χ0n) is 9.28. The Bertz CT molecular complexity index is 175. The van der Waals surface area contributed by atoms with Crippen LogP contribution in [0.4, 0.5) is 0 Å². The summed E-state index contributed by atoms with van der Waals surface area (Å²) in [6.07, 6.45) is 6.60. The number of hydrogen-bond donors (Lipinski definition) is 1. The molecular formula is C12H23NO. The quantitative estimate of drug-likeness (QED) is 0.730. The summed E-state index contributed by atoms with van der Waals surface area (Å²) in [5.41, 5.74) is 0. The summed E-state index contributed by atoms with van der Waals surface area (Å²) in [7, 11) is 0. The minimum absolute atomic E-state index is 0.400. The third kappa shape index (κ3) is 2.12. The minimum Gasteiger partial charge on any atom is -0.396 e. The lowest BCUT2D eigenvalue weighted by Crippen LogP contribution is -2.43. The van der Waals surface area contributed by atoms with Crippen LogP contribution in [0.2, 0.25) is 0 Å². The average Bonchev–Trinajstić information content (AvgIpc) is 2.67. The second kappa shape index (κ2) is 4.63. The highest BCUT2D eigenvalue weighted by atomic mass is 16.3. The van der Waals surface area contributed by atoms with Crippen LogP contribution < -0.4 is 0 Å². The molecule has 0 aromatic carbocycles. The van der Waals surface area contributed by atoms with Gasteiger partial charge in [-0.05, 0) is 50.6 Å². The van der Waals surface area contributed by atoms with Crippen LogP contribution in [0.15, 0.2) is 0 Å². The van der Waals surface area contributed by atoms with Crippen molar-refractivity contribution in [3.8, 4) is 0 Å². The van der Waals surface area contributed by atoms with Gasteiger partial charge in [-0.2, -0.15) is 0 Å². The molecule has 1 saturated carbocycles. The molecule has 0 aromatic heterocycles.